The highest BCUT2D eigenvalue weighted by molar-refractivity contribution is 5.98. The summed E-state index contributed by atoms with van der Waals surface area (Å²) in [5.74, 6) is 0.632. The first-order chi connectivity index (χ1) is 14.7. The molecule has 4 rings (SSSR count). The first kappa shape index (κ1) is 20.0. The molecule has 0 aromatic heterocycles. The second-order valence-electron chi connectivity index (χ2n) is 7.37. The molecule has 0 fully saturated rings. The van der Waals surface area contributed by atoms with E-state index in [0.717, 1.165) is 35.3 Å². The van der Waals surface area contributed by atoms with Crippen LogP contribution in [0.25, 0.3) is 0 Å². The van der Waals surface area contributed by atoms with Gasteiger partial charge in [-0.3, -0.25) is 0 Å². The summed E-state index contributed by atoms with van der Waals surface area (Å²) < 4.78 is 11.8. The number of ether oxygens (including phenoxy) is 2. The normalized spacial score (nSPS) is 15.1. The molecule has 0 bridgehead atoms. The van der Waals surface area contributed by atoms with Crippen LogP contribution in [0.3, 0.4) is 0 Å². The van der Waals surface area contributed by atoms with Crippen LogP contribution in [0.1, 0.15) is 39.5 Å². The third kappa shape index (κ3) is 4.16. The molecule has 0 saturated heterocycles. The van der Waals surface area contributed by atoms with Gasteiger partial charge in [0, 0.05) is 18.3 Å². The van der Waals surface area contributed by atoms with Crippen LogP contribution in [0.2, 0.25) is 0 Å². The molecule has 0 saturated carbocycles. The fraction of sp³-hybridized carbons (Fsp3) is 0.240. The molecule has 154 valence electrons. The zero-order valence-corrected chi connectivity index (χ0v) is 17.3. The second kappa shape index (κ2) is 9.01. The zero-order chi connectivity index (χ0) is 20.9. The number of benzene rings is 3. The smallest absolute Gasteiger partial charge is 0.347 e. The molecule has 1 atom stereocenters. The minimum atomic E-state index is -0.419. The lowest BCUT2D eigenvalue weighted by Gasteiger charge is -2.29. The van der Waals surface area contributed by atoms with Crippen molar-refractivity contribution in [3.05, 3.63) is 89.0 Å². The van der Waals surface area contributed by atoms with Crippen LogP contribution >= 0.6 is 0 Å². The van der Waals surface area contributed by atoms with Gasteiger partial charge in [-0.05, 0) is 55.3 Å². The van der Waals surface area contributed by atoms with Gasteiger partial charge >= 0.3 is 5.97 Å². The number of carbonyl (C=O) groups excluding carboxylic acids is 1. The Morgan fingerprint density at radius 2 is 1.80 bits per heavy atom. The standard InChI is InChI=1S/C25H26N2O3/c1-17-23(25(28)30-19-11-7-4-8-12-19)22(29-16-18-9-5-3-6-10-18)15-20-21(26-2)13-14-27-24(17)20/h3-12,15,21,26-27H,13-14,16H2,1-2H3. The molecule has 5 nitrogen and oxygen atoms in total. The third-order valence-corrected chi connectivity index (χ3v) is 5.43. The molecule has 30 heavy (non-hydrogen) atoms. The Hall–Kier alpha value is -3.31. The van der Waals surface area contributed by atoms with Crippen molar-refractivity contribution < 1.29 is 14.3 Å². The summed E-state index contributed by atoms with van der Waals surface area (Å²) in [5.41, 5.74) is 4.43. The third-order valence-electron chi connectivity index (χ3n) is 5.43. The fourth-order valence-corrected chi connectivity index (χ4v) is 3.87. The number of hydrogen-bond acceptors (Lipinski definition) is 5. The van der Waals surface area contributed by atoms with E-state index in [9.17, 15) is 4.79 Å². The highest BCUT2D eigenvalue weighted by Crippen LogP contribution is 2.39. The maximum Gasteiger partial charge on any atom is 0.347 e. The summed E-state index contributed by atoms with van der Waals surface area (Å²) >= 11 is 0. The molecule has 1 aliphatic rings. The van der Waals surface area contributed by atoms with Gasteiger partial charge in [0.15, 0.2) is 0 Å². The molecule has 0 aliphatic carbocycles. The molecule has 0 spiro atoms. The molecule has 5 heteroatoms. The van der Waals surface area contributed by atoms with Crippen LogP contribution in [0.5, 0.6) is 11.5 Å². The number of rotatable bonds is 6. The van der Waals surface area contributed by atoms with Crippen molar-refractivity contribution in [3.8, 4) is 11.5 Å². The second-order valence-corrected chi connectivity index (χ2v) is 7.37. The van der Waals surface area contributed by atoms with Crippen molar-refractivity contribution in [2.24, 2.45) is 0 Å². The average molecular weight is 402 g/mol. The average Bonchev–Trinajstić information content (AvgIpc) is 2.78. The minimum absolute atomic E-state index is 0.207. The van der Waals surface area contributed by atoms with Crippen molar-refractivity contribution in [1.29, 1.82) is 0 Å². The Balaban J connectivity index is 1.72. The number of carbonyl (C=O) groups is 1. The highest BCUT2D eigenvalue weighted by atomic mass is 16.5. The van der Waals surface area contributed by atoms with Crippen molar-refractivity contribution in [2.45, 2.75) is 26.0 Å². The van der Waals surface area contributed by atoms with Gasteiger partial charge in [0.2, 0.25) is 0 Å². The molecule has 1 heterocycles. The van der Waals surface area contributed by atoms with E-state index in [1.165, 1.54) is 0 Å². The Bertz CT molecular complexity index is 1020. The van der Waals surface area contributed by atoms with E-state index >= 15 is 0 Å². The molecule has 0 amide bonds. The molecular formula is C25H26N2O3. The van der Waals surface area contributed by atoms with Gasteiger partial charge in [-0.2, -0.15) is 0 Å². The van der Waals surface area contributed by atoms with Crippen molar-refractivity contribution in [2.75, 3.05) is 18.9 Å². The minimum Gasteiger partial charge on any atom is -0.488 e. The Labute approximate surface area is 177 Å². The van der Waals surface area contributed by atoms with E-state index in [-0.39, 0.29) is 6.04 Å². The van der Waals surface area contributed by atoms with E-state index in [1.807, 2.05) is 68.6 Å². The van der Waals surface area contributed by atoms with Gasteiger partial charge in [0.05, 0.1) is 0 Å². The van der Waals surface area contributed by atoms with Crippen LogP contribution in [-0.2, 0) is 6.61 Å². The van der Waals surface area contributed by atoms with E-state index < -0.39 is 5.97 Å². The summed E-state index contributed by atoms with van der Waals surface area (Å²) in [6.45, 7) is 3.17. The van der Waals surface area contributed by atoms with Crippen molar-refractivity contribution >= 4 is 11.7 Å². The quantitative estimate of drug-likeness (QED) is 0.455. The fourth-order valence-electron chi connectivity index (χ4n) is 3.87. The van der Waals surface area contributed by atoms with E-state index in [1.54, 1.807) is 12.1 Å². The Morgan fingerprint density at radius 1 is 1.10 bits per heavy atom. The zero-order valence-electron chi connectivity index (χ0n) is 17.3. The summed E-state index contributed by atoms with van der Waals surface area (Å²) in [7, 11) is 1.96. The number of anilines is 1. The lowest BCUT2D eigenvalue weighted by Crippen LogP contribution is -2.27. The largest absolute Gasteiger partial charge is 0.488 e. The van der Waals surface area contributed by atoms with Crippen LogP contribution in [0, 0.1) is 6.92 Å². The predicted octanol–water partition coefficient (Wildman–Crippen LogP) is 4.87. The number of hydrogen-bond donors (Lipinski definition) is 2. The molecule has 2 N–H and O–H groups in total. The monoisotopic (exact) mass is 402 g/mol. The van der Waals surface area contributed by atoms with Crippen molar-refractivity contribution in [3.63, 3.8) is 0 Å². The number of nitrogens with one attached hydrogen (secondary N) is 2. The summed E-state index contributed by atoms with van der Waals surface area (Å²) in [6, 6.07) is 21.2. The lowest BCUT2D eigenvalue weighted by molar-refractivity contribution is 0.0729. The van der Waals surface area contributed by atoms with E-state index in [0.29, 0.717) is 23.7 Å². The van der Waals surface area contributed by atoms with Gasteiger partial charge in [0.25, 0.3) is 0 Å². The molecule has 3 aromatic carbocycles. The number of para-hydroxylation sites is 1. The molecule has 1 unspecified atom stereocenters. The summed E-state index contributed by atoms with van der Waals surface area (Å²) in [5, 5.41) is 6.82. The molecular weight excluding hydrogens is 376 g/mol. The van der Waals surface area contributed by atoms with Crippen LogP contribution < -0.4 is 20.1 Å². The maximum absolute atomic E-state index is 13.2. The van der Waals surface area contributed by atoms with E-state index in [4.69, 9.17) is 9.47 Å². The summed E-state index contributed by atoms with van der Waals surface area (Å²) in [6.07, 6.45) is 0.967. The maximum atomic E-state index is 13.2. The summed E-state index contributed by atoms with van der Waals surface area (Å²) in [4.78, 5) is 13.2. The lowest BCUT2D eigenvalue weighted by atomic mass is 9.91. The van der Waals surface area contributed by atoms with Crippen LogP contribution in [0.15, 0.2) is 66.7 Å². The Kier molecular flexibility index (Phi) is 6.00. The van der Waals surface area contributed by atoms with Gasteiger partial charge < -0.3 is 20.1 Å². The Morgan fingerprint density at radius 3 is 2.50 bits per heavy atom. The van der Waals surface area contributed by atoms with Crippen LogP contribution in [-0.4, -0.2) is 19.6 Å². The van der Waals surface area contributed by atoms with Crippen LogP contribution in [0.4, 0.5) is 5.69 Å². The van der Waals surface area contributed by atoms with Gasteiger partial charge in [-0.15, -0.1) is 0 Å². The molecule has 0 radical (unpaired) electrons. The van der Waals surface area contributed by atoms with Gasteiger partial charge in [-0.25, -0.2) is 4.79 Å². The topological polar surface area (TPSA) is 59.6 Å². The first-order valence-corrected chi connectivity index (χ1v) is 10.2. The SMILES string of the molecule is CNC1CCNc2c1cc(OCc1ccccc1)c(C(=O)Oc1ccccc1)c2C. The number of esters is 1. The number of fused-ring (bicyclic) bond motifs is 1. The van der Waals surface area contributed by atoms with Crippen molar-refractivity contribution in [1.82, 2.24) is 5.32 Å². The molecule has 3 aromatic rings. The van der Waals surface area contributed by atoms with Gasteiger partial charge in [-0.1, -0.05) is 48.5 Å². The van der Waals surface area contributed by atoms with Gasteiger partial charge in [0.1, 0.15) is 23.7 Å². The van der Waals surface area contributed by atoms with E-state index in [2.05, 4.69) is 10.6 Å². The molecule has 1 aliphatic heterocycles. The first-order valence-electron chi connectivity index (χ1n) is 10.2. The highest BCUT2D eigenvalue weighted by Gasteiger charge is 2.28. The predicted molar refractivity (Wildman–Crippen MR) is 118 cm³/mol.